The number of nitrogens with zero attached hydrogens (tertiary/aromatic N) is 1. The molecule has 4 heteroatoms. The van der Waals surface area contributed by atoms with Gasteiger partial charge in [-0.3, -0.25) is 0 Å². The highest BCUT2D eigenvalue weighted by molar-refractivity contribution is 6.19. The average Bonchev–Trinajstić information content (AvgIpc) is 3.27. The van der Waals surface area contributed by atoms with Crippen molar-refractivity contribution >= 4 is 27.8 Å². The molecule has 6 rings (SSSR count). The molecule has 38 heavy (non-hydrogen) atoms. The number of methoxy groups -OCH3 is 1. The van der Waals surface area contributed by atoms with Gasteiger partial charge in [0, 0.05) is 11.9 Å². The normalized spacial score (nSPS) is 11.2. The Labute approximate surface area is 221 Å². The Morgan fingerprint density at radius 1 is 0.684 bits per heavy atom. The molecule has 1 aromatic heterocycles. The Morgan fingerprint density at radius 2 is 1.37 bits per heavy atom. The van der Waals surface area contributed by atoms with E-state index in [1.54, 1.807) is 12.1 Å². The number of carbonyl (C=O) groups is 1. The molecular weight excluding hydrogens is 470 g/mol. The molecule has 0 amide bonds. The van der Waals surface area contributed by atoms with E-state index in [4.69, 9.17) is 4.74 Å². The van der Waals surface area contributed by atoms with Gasteiger partial charge in [-0.25, -0.2) is 4.79 Å². The van der Waals surface area contributed by atoms with Gasteiger partial charge in [0.05, 0.1) is 29.1 Å². The number of ether oxygens (including phenoxy) is 1. The quantitative estimate of drug-likeness (QED) is 0.241. The number of benzene rings is 5. The van der Waals surface area contributed by atoms with Crippen molar-refractivity contribution in [3.05, 3.63) is 138 Å². The molecule has 0 aliphatic rings. The van der Waals surface area contributed by atoms with Gasteiger partial charge >= 0.3 is 5.97 Å². The van der Waals surface area contributed by atoms with Crippen LogP contribution in [0.15, 0.2) is 115 Å². The fourth-order valence-corrected chi connectivity index (χ4v) is 5.34. The summed E-state index contributed by atoms with van der Waals surface area (Å²) in [7, 11) is 1.38. The van der Waals surface area contributed by atoms with E-state index in [0.29, 0.717) is 22.9 Å². The lowest BCUT2D eigenvalue weighted by atomic mass is 10.0. The summed E-state index contributed by atoms with van der Waals surface area (Å²) in [6, 6.07) is 38.5. The van der Waals surface area contributed by atoms with E-state index in [9.17, 15) is 9.90 Å². The van der Waals surface area contributed by atoms with Gasteiger partial charge in [-0.15, -0.1) is 0 Å². The highest BCUT2D eigenvalue weighted by Crippen LogP contribution is 2.40. The smallest absolute Gasteiger partial charge is 0.338 e. The Morgan fingerprint density at radius 3 is 2.13 bits per heavy atom. The van der Waals surface area contributed by atoms with Gasteiger partial charge in [-0.05, 0) is 58.5 Å². The fourth-order valence-electron chi connectivity index (χ4n) is 5.34. The number of hydrogen-bond donors (Lipinski definition) is 1. The van der Waals surface area contributed by atoms with Gasteiger partial charge in [0.1, 0.15) is 5.75 Å². The van der Waals surface area contributed by atoms with Crippen molar-refractivity contribution in [2.45, 2.75) is 13.0 Å². The predicted molar refractivity (Wildman–Crippen MR) is 153 cm³/mol. The third kappa shape index (κ3) is 4.31. The van der Waals surface area contributed by atoms with Gasteiger partial charge in [-0.2, -0.15) is 0 Å². The molecule has 0 aliphatic carbocycles. The number of phenols is 1. The van der Waals surface area contributed by atoms with Crippen LogP contribution in [0, 0.1) is 0 Å². The molecule has 5 aromatic carbocycles. The van der Waals surface area contributed by atoms with Crippen LogP contribution in [-0.2, 0) is 17.7 Å². The van der Waals surface area contributed by atoms with Crippen LogP contribution >= 0.6 is 0 Å². The van der Waals surface area contributed by atoms with Crippen molar-refractivity contribution < 1.29 is 14.6 Å². The maximum Gasteiger partial charge on any atom is 0.338 e. The summed E-state index contributed by atoms with van der Waals surface area (Å²) in [5.41, 5.74) is 7.75. The third-order valence-corrected chi connectivity index (χ3v) is 7.07. The van der Waals surface area contributed by atoms with E-state index in [-0.39, 0.29) is 5.75 Å². The summed E-state index contributed by atoms with van der Waals surface area (Å²) < 4.78 is 7.28. The highest BCUT2D eigenvalue weighted by Gasteiger charge is 2.21. The summed E-state index contributed by atoms with van der Waals surface area (Å²) in [6.07, 6.45) is 0.854. The molecule has 0 fully saturated rings. The molecule has 0 atom stereocenters. The van der Waals surface area contributed by atoms with Crippen LogP contribution in [0.3, 0.4) is 0 Å². The number of aromatic nitrogens is 1. The number of aromatic hydroxyl groups is 1. The minimum atomic E-state index is -0.425. The average molecular weight is 498 g/mol. The molecule has 186 valence electrons. The third-order valence-electron chi connectivity index (χ3n) is 7.07. The second-order valence-electron chi connectivity index (χ2n) is 9.52. The van der Waals surface area contributed by atoms with E-state index in [1.807, 2.05) is 48.5 Å². The molecule has 0 spiro atoms. The monoisotopic (exact) mass is 497 g/mol. The number of hydrogen-bond acceptors (Lipinski definition) is 3. The lowest BCUT2D eigenvalue weighted by Crippen LogP contribution is -2.03. The molecule has 1 heterocycles. The van der Waals surface area contributed by atoms with Crippen LogP contribution in [0.4, 0.5) is 0 Å². The van der Waals surface area contributed by atoms with Crippen molar-refractivity contribution in [2.75, 3.05) is 7.11 Å². The predicted octanol–water partition coefficient (Wildman–Crippen LogP) is 7.59. The molecule has 0 saturated heterocycles. The summed E-state index contributed by atoms with van der Waals surface area (Å²) in [4.78, 5) is 12.7. The van der Waals surface area contributed by atoms with Crippen LogP contribution < -0.4 is 0 Å². The Balaban J connectivity index is 1.54. The molecule has 0 radical (unpaired) electrons. The van der Waals surface area contributed by atoms with E-state index in [2.05, 4.69) is 59.2 Å². The first-order valence-electron chi connectivity index (χ1n) is 12.7. The Bertz CT molecular complexity index is 1770. The van der Waals surface area contributed by atoms with Crippen molar-refractivity contribution in [3.8, 4) is 16.9 Å². The lowest BCUT2D eigenvalue weighted by Gasteiger charge is -2.11. The first-order chi connectivity index (χ1) is 18.6. The zero-order valence-corrected chi connectivity index (χ0v) is 21.1. The van der Waals surface area contributed by atoms with Crippen molar-refractivity contribution in [2.24, 2.45) is 0 Å². The Kier molecular flexibility index (Phi) is 6.14. The second-order valence-corrected chi connectivity index (χ2v) is 9.52. The van der Waals surface area contributed by atoms with Crippen LogP contribution in [0.25, 0.3) is 32.9 Å². The summed E-state index contributed by atoms with van der Waals surface area (Å²) in [6.45, 7) is 0.588. The van der Waals surface area contributed by atoms with Gasteiger partial charge < -0.3 is 14.4 Å². The van der Waals surface area contributed by atoms with Crippen LogP contribution in [0.1, 0.15) is 27.0 Å². The minimum Gasteiger partial charge on any atom is -0.507 e. The first-order valence-corrected chi connectivity index (χ1v) is 12.7. The van der Waals surface area contributed by atoms with E-state index in [0.717, 1.165) is 34.1 Å². The largest absolute Gasteiger partial charge is 0.507 e. The number of carbonyl (C=O) groups excluding carboxylic acids is 1. The number of phenolic OH excluding ortho intramolecular Hbond substituents is 1. The fraction of sp³-hybridized carbons (Fsp3) is 0.0882. The SMILES string of the molecule is COC(=O)c1cccc2c1c1c(O)cc(-c3ccccc3)cc1n2Cc1cccc(Cc2ccccc2)c1. The summed E-state index contributed by atoms with van der Waals surface area (Å²) >= 11 is 0. The van der Waals surface area contributed by atoms with Crippen molar-refractivity contribution in [3.63, 3.8) is 0 Å². The number of fused-ring (bicyclic) bond motifs is 3. The molecule has 0 bridgehead atoms. The molecule has 4 nitrogen and oxygen atoms in total. The maximum atomic E-state index is 12.7. The zero-order chi connectivity index (χ0) is 26.1. The van der Waals surface area contributed by atoms with E-state index < -0.39 is 5.97 Å². The maximum absolute atomic E-state index is 12.7. The van der Waals surface area contributed by atoms with Gasteiger partial charge in [0.2, 0.25) is 0 Å². The zero-order valence-electron chi connectivity index (χ0n) is 21.1. The number of rotatable bonds is 6. The lowest BCUT2D eigenvalue weighted by molar-refractivity contribution is 0.0603. The van der Waals surface area contributed by atoms with Gasteiger partial charge in [0.15, 0.2) is 0 Å². The molecule has 0 saturated carbocycles. The summed E-state index contributed by atoms with van der Waals surface area (Å²) in [5.74, 6) is -0.287. The van der Waals surface area contributed by atoms with Crippen molar-refractivity contribution in [1.82, 2.24) is 4.57 Å². The van der Waals surface area contributed by atoms with Crippen molar-refractivity contribution in [1.29, 1.82) is 0 Å². The molecule has 0 aliphatic heterocycles. The first kappa shape index (κ1) is 23.6. The minimum absolute atomic E-state index is 0.138. The topological polar surface area (TPSA) is 51.5 Å². The molecular formula is C34H27NO3. The second kappa shape index (κ2) is 9.91. The van der Waals surface area contributed by atoms with E-state index >= 15 is 0 Å². The van der Waals surface area contributed by atoms with Gasteiger partial charge in [0.25, 0.3) is 0 Å². The molecule has 6 aromatic rings. The Hall–Kier alpha value is -4.83. The highest BCUT2D eigenvalue weighted by atomic mass is 16.5. The summed E-state index contributed by atoms with van der Waals surface area (Å²) in [5, 5.41) is 12.7. The van der Waals surface area contributed by atoms with Crippen LogP contribution in [0.2, 0.25) is 0 Å². The standard InChI is InChI=1S/C34H27NO3/c1-38-34(37)28-16-9-17-29-32(28)33-30(20-27(21-31(33)36)26-14-6-3-7-15-26)35(29)22-25-13-8-12-24(19-25)18-23-10-4-2-5-11-23/h2-17,19-21,36H,18,22H2,1H3. The van der Waals surface area contributed by atoms with Crippen LogP contribution in [0.5, 0.6) is 5.75 Å². The van der Waals surface area contributed by atoms with E-state index in [1.165, 1.54) is 18.2 Å². The molecule has 0 unspecified atom stereocenters. The molecule has 1 N–H and O–H groups in total. The van der Waals surface area contributed by atoms with Gasteiger partial charge in [-0.1, -0.05) is 91.0 Å². The number of esters is 1. The van der Waals surface area contributed by atoms with Crippen LogP contribution in [-0.4, -0.2) is 22.8 Å².